The Kier molecular flexibility index (Phi) is 5.60. The molecule has 0 unspecified atom stereocenters. The molecule has 1 rings (SSSR count). The van der Waals surface area contributed by atoms with Crippen molar-refractivity contribution in [3.8, 4) is 0 Å². The molecule has 0 heterocycles. The Balaban J connectivity index is 3.09. The van der Waals surface area contributed by atoms with Crippen LogP contribution in [0.15, 0.2) is 41.0 Å². The van der Waals surface area contributed by atoms with Gasteiger partial charge in [-0.05, 0) is 12.0 Å². The monoisotopic (exact) mass is 270 g/mol. The lowest BCUT2D eigenvalue weighted by atomic mass is 10.0. The highest BCUT2D eigenvalue weighted by Gasteiger charge is 2.34. The Morgan fingerprint density at radius 2 is 1.89 bits per heavy atom. The van der Waals surface area contributed by atoms with Crippen molar-refractivity contribution >= 4 is 11.8 Å². The molecule has 0 spiro atoms. The van der Waals surface area contributed by atoms with Gasteiger partial charge >= 0.3 is 6.18 Å². The van der Waals surface area contributed by atoms with Crippen LogP contribution in [0.1, 0.15) is 25.3 Å². The number of rotatable bonds is 5. The minimum absolute atomic E-state index is 0.0794. The molecule has 0 fully saturated rings. The molecule has 0 saturated carbocycles. The maximum atomic E-state index is 12.7. The number of nitrogens with zero attached hydrogens (tertiary/aromatic N) is 1. The van der Waals surface area contributed by atoms with Gasteiger partial charge in [-0.3, -0.25) is 4.99 Å². The summed E-state index contributed by atoms with van der Waals surface area (Å²) in [7, 11) is 0. The van der Waals surface area contributed by atoms with Crippen molar-refractivity contribution in [2.75, 3.05) is 6.54 Å². The molecule has 0 amide bonds. The van der Waals surface area contributed by atoms with Crippen LogP contribution in [0.2, 0.25) is 0 Å². The van der Waals surface area contributed by atoms with Crippen molar-refractivity contribution in [3.05, 3.63) is 41.6 Å². The minimum Gasteiger partial charge on any atom is -0.394 e. The van der Waals surface area contributed by atoms with Gasteiger partial charge in [-0.15, -0.1) is 0 Å². The molecule has 0 aliphatic rings. The van der Waals surface area contributed by atoms with Crippen LogP contribution < -0.4 is 5.73 Å². The molecule has 19 heavy (non-hydrogen) atoms. The van der Waals surface area contributed by atoms with Crippen LogP contribution in [0.25, 0.3) is 5.57 Å². The Hall–Kier alpha value is -1.78. The van der Waals surface area contributed by atoms with Crippen molar-refractivity contribution in [2.45, 2.75) is 25.9 Å². The molecular weight excluding hydrogens is 253 g/mol. The molecule has 0 aliphatic heterocycles. The number of nitrogens with two attached hydrogens (primary N) is 1. The highest BCUT2D eigenvalue weighted by Crippen LogP contribution is 2.28. The standard InChI is InChI=1S/C14H17F3N2/c1-2-3-9-19-10-12(13(18)14(15,16)17)11-7-5-4-6-8-11/h4-8,10H,2-3,9,18H2,1H3/b13-12+,19-10?. The van der Waals surface area contributed by atoms with Gasteiger partial charge in [0.1, 0.15) is 5.70 Å². The van der Waals surface area contributed by atoms with Crippen molar-refractivity contribution in [1.29, 1.82) is 0 Å². The lowest BCUT2D eigenvalue weighted by Crippen LogP contribution is -2.21. The summed E-state index contributed by atoms with van der Waals surface area (Å²) in [4.78, 5) is 4.01. The van der Waals surface area contributed by atoms with E-state index in [0.29, 0.717) is 12.1 Å². The highest BCUT2D eigenvalue weighted by atomic mass is 19.4. The lowest BCUT2D eigenvalue weighted by Gasteiger charge is -2.11. The van der Waals surface area contributed by atoms with E-state index >= 15 is 0 Å². The smallest absolute Gasteiger partial charge is 0.394 e. The van der Waals surface area contributed by atoms with E-state index in [9.17, 15) is 13.2 Å². The molecule has 0 bridgehead atoms. The lowest BCUT2D eigenvalue weighted by molar-refractivity contribution is -0.0918. The molecule has 5 heteroatoms. The summed E-state index contributed by atoms with van der Waals surface area (Å²) in [6, 6.07) is 8.23. The maximum absolute atomic E-state index is 12.7. The van der Waals surface area contributed by atoms with Gasteiger partial charge in [0.15, 0.2) is 0 Å². The first-order valence-electron chi connectivity index (χ1n) is 6.09. The molecule has 1 aromatic carbocycles. The third-order valence-electron chi connectivity index (χ3n) is 2.54. The Morgan fingerprint density at radius 1 is 1.26 bits per heavy atom. The fourth-order valence-corrected chi connectivity index (χ4v) is 1.48. The van der Waals surface area contributed by atoms with Crippen LogP contribution >= 0.6 is 0 Å². The van der Waals surface area contributed by atoms with Gasteiger partial charge in [-0.25, -0.2) is 0 Å². The summed E-state index contributed by atoms with van der Waals surface area (Å²) >= 11 is 0. The topological polar surface area (TPSA) is 38.4 Å². The third kappa shape index (κ3) is 4.77. The molecular formula is C14H17F3N2. The maximum Gasteiger partial charge on any atom is 0.431 e. The number of aliphatic imine (C=N–C) groups is 1. The first-order chi connectivity index (χ1) is 8.96. The van der Waals surface area contributed by atoms with Gasteiger partial charge in [-0.2, -0.15) is 13.2 Å². The molecule has 0 atom stereocenters. The zero-order valence-electron chi connectivity index (χ0n) is 10.7. The van der Waals surface area contributed by atoms with Crippen LogP contribution in [0.3, 0.4) is 0 Å². The molecule has 0 saturated heterocycles. The van der Waals surface area contributed by atoms with Crippen molar-refractivity contribution < 1.29 is 13.2 Å². The van der Waals surface area contributed by atoms with Gasteiger partial charge in [0.05, 0.1) is 0 Å². The molecule has 104 valence electrons. The van der Waals surface area contributed by atoms with Crippen molar-refractivity contribution in [3.63, 3.8) is 0 Å². The molecule has 0 radical (unpaired) electrons. The van der Waals surface area contributed by atoms with Gasteiger partial charge in [-0.1, -0.05) is 43.7 Å². The van der Waals surface area contributed by atoms with Crippen molar-refractivity contribution in [2.24, 2.45) is 10.7 Å². The van der Waals surface area contributed by atoms with E-state index in [1.54, 1.807) is 30.3 Å². The number of halogens is 3. The molecule has 2 N–H and O–H groups in total. The second kappa shape index (κ2) is 6.97. The quantitative estimate of drug-likeness (QED) is 0.641. The predicted molar refractivity (Wildman–Crippen MR) is 71.9 cm³/mol. The predicted octanol–water partition coefficient (Wildman–Crippen LogP) is 3.79. The van der Waals surface area contributed by atoms with E-state index in [0.717, 1.165) is 12.8 Å². The summed E-state index contributed by atoms with van der Waals surface area (Å²) < 4.78 is 38.1. The number of hydrogen-bond acceptors (Lipinski definition) is 2. The van der Waals surface area contributed by atoms with E-state index in [2.05, 4.69) is 4.99 Å². The number of hydrogen-bond donors (Lipinski definition) is 1. The van der Waals surface area contributed by atoms with Crippen LogP contribution in [-0.4, -0.2) is 18.9 Å². The third-order valence-corrected chi connectivity index (χ3v) is 2.54. The first-order valence-corrected chi connectivity index (χ1v) is 6.09. The van der Waals surface area contributed by atoms with E-state index in [1.807, 2.05) is 6.92 Å². The summed E-state index contributed by atoms with van der Waals surface area (Å²) in [6.45, 7) is 2.49. The Bertz CT molecular complexity index is 448. The van der Waals surface area contributed by atoms with E-state index in [4.69, 9.17) is 5.73 Å². The Labute approximate surface area is 110 Å². The average Bonchev–Trinajstić information content (AvgIpc) is 2.38. The van der Waals surface area contributed by atoms with Crippen molar-refractivity contribution in [1.82, 2.24) is 0 Å². The second-order valence-corrected chi connectivity index (χ2v) is 4.08. The van der Waals surface area contributed by atoms with Crippen LogP contribution in [0.5, 0.6) is 0 Å². The largest absolute Gasteiger partial charge is 0.431 e. The molecule has 0 aromatic heterocycles. The van der Waals surface area contributed by atoms with Gasteiger partial charge < -0.3 is 5.73 Å². The summed E-state index contributed by atoms with van der Waals surface area (Å²) in [5.74, 6) is 0. The molecule has 2 nitrogen and oxygen atoms in total. The summed E-state index contributed by atoms with van der Waals surface area (Å²) in [5, 5.41) is 0. The van der Waals surface area contributed by atoms with Gasteiger partial charge in [0.2, 0.25) is 0 Å². The Morgan fingerprint density at radius 3 is 2.42 bits per heavy atom. The fraction of sp³-hybridized carbons (Fsp3) is 0.357. The number of allylic oxidation sites excluding steroid dienone is 2. The number of alkyl halides is 3. The molecule has 0 aliphatic carbocycles. The SMILES string of the molecule is CCCCN=C/C(=C(\N)C(F)(F)F)c1ccccc1. The summed E-state index contributed by atoms with van der Waals surface area (Å²) in [6.07, 6.45) is -1.56. The second-order valence-electron chi connectivity index (χ2n) is 4.08. The first kappa shape index (κ1) is 15.3. The van der Waals surface area contributed by atoms with Gasteiger partial charge in [0.25, 0.3) is 0 Å². The van der Waals surface area contributed by atoms with E-state index in [1.165, 1.54) is 6.21 Å². The average molecular weight is 270 g/mol. The number of benzene rings is 1. The minimum atomic E-state index is -4.55. The molecule has 1 aromatic rings. The van der Waals surface area contributed by atoms with E-state index < -0.39 is 11.9 Å². The number of unbranched alkanes of at least 4 members (excludes halogenated alkanes) is 1. The zero-order chi connectivity index (χ0) is 14.3. The van der Waals surface area contributed by atoms with Gasteiger partial charge in [0, 0.05) is 18.3 Å². The van der Waals surface area contributed by atoms with Crippen LogP contribution in [0, 0.1) is 0 Å². The fourth-order valence-electron chi connectivity index (χ4n) is 1.48. The summed E-state index contributed by atoms with van der Waals surface area (Å²) in [5.41, 5.74) is 4.43. The van der Waals surface area contributed by atoms with Crippen LogP contribution in [-0.2, 0) is 0 Å². The highest BCUT2D eigenvalue weighted by molar-refractivity contribution is 6.11. The van der Waals surface area contributed by atoms with E-state index in [-0.39, 0.29) is 5.57 Å². The normalized spacial score (nSPS) is 13.7. The van der Waals surface area contributed by atoms with Crippen LogP contribution in [0.4, 0.5) is 13.2 Å². The zero-order valence-corrected chi connectivity index (χ0v) is 10.7.